The maximum absolute atomic E-state index is 13.9. The van der Waals surface area contributed by atoms with Crippen LogP contribution in [0.1, 0.15) is 26.3 Å². The normalized spacial score (nSPS) is 10.6. The van der Waals surface area contributed by atoms with Crippen molar-refractivity contribution >= 4 is 23.6 Å². The third kappa shape index (κ3) is 7.74. The maximum Gasteiger partial charge on any atom is 0.426 e. The summed E-state index contributed by atoms with van der Waals surface area (Å²) in [5.41, 5.74) is 4.40. The molecule has 0 bridgehead atoms. The Bertz CT molecular complexity index is 1220. The lowest BCUT2D eigenvalue weighted by Crippen LogP contribution is -2.42. The maximum atomic E-state index is 13.9. The molecular weight excluding hydrogens is 472 g/mol. The number of nitrogens with one attached hydrogen (secondary N) is 3. The molecule has 0 aliphatic carbocycles. The second-order valence-corrected chi connectivity index (χ2v) is 7.25. The topological polar surface area (TPSA) is 106 Å². The summed E-state index contributed by atoms with van der Waals surface area (Å²) in [4.78, 5) is 36.6. The SMILES string of the molecule is O=C(NNC(=O)c1ccccc1NC(=O)c1c(F)cccc1F)OCC=CCOCc1ccccc1. The van der Waals surface area contributed by atoms with Gasteiger partial charge in [-0.05, 0) is 35.9 Å². The molecule has 3 rings (SSSR count). The molecule has 0 unspecified atom stereocenters. The number of ether oxygens (including phenoxy) is 2. The highest BCUT2D eigenvalue weighted by atomic mass is 19.1. The molecule has 3 N–H and O–H groups in total. The summed E-state index contributed by atoms with van der Waals surface area (Å²) < 4.78 is 38.1. The Kier molecular flexibility index (Phi) is 9.66. The van der Waals surface area contributed by atoms with Crippen LogP contribution in [-0.2, 0) is 16.1 Å². The number of amides is 3. The molecule has 0 atom stereocenters. The van der Waals surface area contributed by atoms with Crippen molar-refractivity contribution in [1.29, 1.82) is 0 Å². The average molecular weight is 495 g/mol. The van der Waals surface area contributed by atoms with Crippen molar-refractivity contribution in [2.45, 2.75) is 6.61 Å². The molecule has 0 radical (unpaired) electrons. The first-order chi connectivity index (χ1) is 17.5. The van der Waals surface area contributed by atoms with E-state index in [4.69, 9.17) is 9.47 Å². The van der Waals surface area contributed by atoms with Gasteiger partial charge in [0.15, 0.2) is 0 Å². The summed E-state index contributed by atoms with van der Waals surface area (Å²) in [6.45, 7) is 0.725. The van der Waals surface area contributed by atoms with Crippen LogP contribution in [-0.4, -0.2) is 31.1 Å². The largest absolute Gasteiger partial charge is 0.444 e. The number of rotatable bonds is 9. The Balaban J connectivity index is 1.43. The molecule has 36 heavy (non-hydrogen) atoms. The highest BCUT2D eigenvalue weighted by molar-refractivity contribution is 6.09. The van der Waals surface area contributed by atoms with Crippen LogP contribution in [0.25, 0.3) is 0 Å². The molecule has 0 fully saturated rings. The summed E-state index contributed by atoms with van der Waals surface area (Å²) in [5, 5.41) is 2.30. The Morgan fingerprint density at radius 1 is 0.750 bits per heavy atom. The number of anilines is 1. The summed E-state index contributed by atoms with van der Waals surface area (Å²) in [5.74, 6) is -3.95. The second kappa shape index (κ2) is 13.4. The molecule has 0 spiro atoms. The van der Waals surface area contributed by atoms with Gasteiger partial charge in [-0.3, -0.25) is 15.0 Å². The molecule has 0 aromatic heterocycles. The van der Waals surface area contributed by atoms with E-state index < -0.39 is 35.1 Å². The first kappa shape index (κ1) is 26.0. The lowest BCUT2D eigenvalue weighted by molar-refractivity contribution is 0.0916. The lowest BCUT2D eigenvalue weighted by atomic mass is 10.1. The Hall–Kier alpha value is -4.57. The highest BCUT2D eigenvalue weighted by Crippen LogP contribution is 2.18. The minimum absolute atomic E-state index is 0.0174. The number of carbonyl (C=O) groups excluding carboxylic acids is 3. The van der Waals surface area contributed by atoms with Crippen molar-refractivity contribution in [1.82, 2.24) is 10.9 Å². The van der Waals surface area contributed by atoms with Gasteiger partial charge in [0.2, 0.25) is 0 Å². The fourth-order valence-corrected chi connectivity index (χ4v) is 2.98. The summed E-state index contributed by atoms with van der Waals surface area (Å²) in [6, 6.07) is 18.4. The number of hydrazine groups is 1. The van der Waals surface area contributed by atoms with Crippen LogP contribution in [0.15, 0.2) is 84.9 Å². The van der Waals surface area contributed by atoms with Crippen LogP contribution < -0.4 is 16.2 Å². The quantitative estimate of drug-likeness (QED) is 0.232. The summed E-state index contributed by atoms with van der Waals surface area (Å²) in [7, 11) is 0. The zero-order valence-electron chi connectivity index (χ0n) is 19.0. The van der Waals surface area contributed by atoms with Gasteiger partial charge in [-0.25, -0.2) is 19.0 Å². The van der Waals surface area contributed by atoms with Crippen molar-refractivity contribution in [3.63, 3.8) is 0 Å². The van der Waals surface area contributed by atoms with Crippen LogP contribution in [0.4, 0.5) is 19.3 Å². The first-order valence-electron chi connectivity index (χ1n) is 10.8. The van der Waals surface area contributed by atoms with Gasteiger partial charge in [-0.15, -0.1) is 0 Å². The van der Waals surface area contributed by atoms with Crippen LogP contribution in [0.3, 0.4) is 0 Å². The Labute approximate surface area is 205 Å². The van der Waals surface area contributed by atoms with E-state index in [1.54, 1.807) is 12.2 Å². The van der Waals surface area contributed by atoms with Gasteiger partial charge in [0.25, 0.3) is 11.8 Å². The molecule has 0 heterocycles. The number of hydrogen-bond acceptors (Lipinski definition) is 5. The predicted molar refractivity (Wildman–Crippen MR) is 128 cm³/mol. The molecule has 3 aromatic carbocycles. The van der Waals surface area contributed by atoms with Crippen molar-refractivity contribution < 1.29 is 32.6 Å². The Morgan fingerprint density at radius 3 is 2.17 bits per heavy atom. The molecule has 0 aliphatic heterocycles. The third-order valence-corrected chi connectivity index (χ3v) is 4.69. The zero-order chi connectivity index (χ0) is 25.8. The molecule has 0 saturated heterocycles. The van der Waals surface area contributed by atoms with E-state index in [0.717, 1.165) is 23.8 Å². The standard InChI is InChI=1S/C26H23F2N3O5/c27-20-12-8-13-21(28)23(20)25(33)29-22-14-5-4-11-19(22)24(32)30-31-26(34)36-16-7-6-15-35-17-18-9-2-1-3-10-18/h1-14H,15-17H2,(H,29,33)(H,30,32)(H,31,34). The molecule has 0 saturated carbocycles. The fraction of sp³-hybridized carbons (Fsp3) is 0.115. The molecule has 0 aliphatic rings. The van der Waals surface area contributed by atoms with Crippen LogP contribution in [0.5, 0.6) is 0 Å². The van der Waals surface area contributed by atoms with E-state index in [-0.39, 0.29) is 17.9 Å². The summed E-state index contributed by atoms with van der Waals surface area (Å²) >= 11 is 0. The van der Waals surface area contributed by atoms with Gasteiger partial charge in [0.1, 0.15) is 23.8 Å². The van der Waals surface area contributed by atoms with Crippen molar-refractivity contribution in [2.24, 2.45) is 0 Å². The minimum atomic E-state index is -1.07. The van der Waals surface area contributed by atoms with Gasteiger partial charge in [0, 0.05) is 0 Å². The van der Waals surface area contributed by atoms with Crippen LogP contribution in [0, 0.1) is 11.6 Å². The molecule has 186 valence electrons. The van der Waals surface area contributed by atoms with E-state index >= 15 is 0 Å². The van der Waals surface area contributed by atoms with Gasteiger partial charge in [0.05, 0.1) is 24.5 Å². The number of carbonyl (C=O) groups is 3. The highest BCUT2D eigenvalue weighted by Gasteiger charge is 2.20. The zero-order valence-corrected chi connectivity index (χ0v) is 19.0. The average Bonchev–Trinajstić information content (AvgIpc) is 2.87. The van der Waals surface area contributed by atoms with Crippen molar-refractivity contribution in [3.05, 3.63) is 113 Å². The number of benzene rings is 3. The van der Waals surface area contributed by atoms with E-state index in [9.17, 15) is 23.2 Å². The Morgan fingerprint density at radius 2 is 1.42 bits per heavy atom. The van der Waals surface area contributed by atoms with E-state index in [1.807, 2.05) is 30.3 Å². The summed E-state index contributed by atoms with van der Waals surface area (Å²) in [6.07, 6.45) is 2.35. The van der Waals surface area contributed by atoms with E-state index in [2.05, 4.69) is 16.2 Å². The smallest absolute Gasteiger partial charge is 0.426 e. The number of para-hydroxylation sites is 1. The second-order valence-electron chi connectivity index (χ2n) is 7.25. The van der Waals surface area contributed by atoms with Crippen molar-refractivity contribution in [3.8, 4) is 0 Å². The third-order valence-electron chi connectivity index (χ3n) is 4.69. The first-order valence-corrected chi connectivity index (χ1v) is 10.8. The van der Waals surface area contributed by atoms with Gasteiger partial charge < -0.3 is 14.8 Å². The predicted octanol–water partition coefficient (Wildman–Crippen LogP) is 4.36. The molecular formula is C26H23F2N3O5. The van der Waals surface area contributed by atoms with Crippen LogP contribution in [0.2, 0.25) is 0 Å². The van der Waals surface area contributed by atoms with Gasteiger partial charge >= 0.3 is 6.09 Å². The van der Waals surface area contributed by atoms with E-state index in [1.165, 1.54) is 24.3 Å². The minimum Gasteiger partial charge on any atom is -0.444 e. The molecule has 3 aromatic rings. The van der Waals surface area contributed by atoms with Gasteiger partial charge in [-0.2, -0.15) is 0 Å². The van der Waals surface area contributed by atoms with Crippen molar-refractivity contribution in [2.75, 3.05) is 18.5 Å². The molecule has 8 nitrogen and oxygen atoms in total. The molecule has 3 amide bonds. The van der Waals surface area contributed by atoms with Gasteiger partial charge in [-0.1, -0.05) is 54.6 Å². The fourth-order valence-electron chi connectivity index (χ4n) is 2.98. The van der Waals surface area contributed by atoms with E-state index in [0.29, 0.717) is 13.2 Å². The molecule has 10 heteroatoms. The number of hydrogen-bond donors (Lipinski definition) is 3. The monoisotopic (exact) mass is 495 g/mol. The van der Waals surface area contributed by atoms with Crippen LogP contribution >= 0.6 is 0 Å². The lowest BCUT2D eigenvalue weighted by Gasteiger charge is -2.12. The number of halogens is 2.